The first kappa shape index (κ1) is 16.9. The first-order chi connectivity index (χ1) is 11.4. The van der Waals surface area contributed by atoms with Crippen molar-refractivity contribution in [2.75, 3.05) is 11.1 Å². The lowest BCUT2D eigenvalue weighted by atomic mass is 10.0. The molecule has 0 saturated carbocycles. The Balaban J connectivity index is 1.78. The first-order valence-electron chi connectivity index (χ1n) is 7.21. The van der Waals surface area contributed by atoms with E-state index in [0.29, 0.717) is 10.0 Å². The SMILES string of the molecule is O=C(Nc1ccc(Br)cc1F)NC1CCS(=O)(=O)c2ccccc21. The average molecular weight is 413 g/mol. The van der Waals surface area contributed by atoms with Crippen LogP contribution in [0, 0.1) is 5.82 Å². The molecule has 0 spiro atoms. The first-order valence-corrected chi connectivity index (χ1v) is 9.65. The molecule has 24 heavy (non-hydrogen) atoms. The molecular formula is C16H14BrFN2O3S. The molecule has 0 fully saturated rings. The zero-order valence-corrected chi connectivity index (χ0v) is 14.8. The van der Waals surface area contributed by atoms with Crippen molar-refractivity contribution < 1.29 is 17.6 Å². The smallest absolute Gasteiger partial charge is 0.319 e. The number of rotatable bonds is 2. The van der Waals surface area contributed by atoms with E-state index >= 15 is 0 Å². The summed E-state index contributed by atoms with van der Waals surface area (Å²) < 4.78 is 38.5. The van der Waals surface area contributed by atoms with Crippen LogP contribution in [0.15, 0.2) is 51.8 Å². The Labute approximate surface area is 147 Å². The van der Waals surface area contributed by atoms with E-state index in [-0.39, 0.29) is 22.8 Å². The number of urea groups is 1. The average Bonchev–Trinajstić information content (AvgIpc) is 2.53. The molecule has 5 nitrogen and oxygen atoms in total. The fourth-order valence-corrected chi connectivity index (χ4v) is 4.60. The Morgan fingerprint density at radius 1 is 1.21 bits per heavy atom. The van der Waals surface area contributed by atoms with Crippen molar-refractivity contribution in [1.29, 1.82) is 0 Å². The predicted molar refractivity (Wildman–Crippen MR) is 92.1 cm³/mol. The molecule has 2 aromatic rings. The Bertz CT molecular complexity index is 902. The van der Waals surface area contributed by atoms with Gasteiger partial charge in [-0.1, -0.05) is 34.1 Å². The number of carbonyl (C=O) groups is 1. The van der Waals surface area contributed by atoms with Crippen molar-refractivity contribution in [2.45, 2.75) is 17.4 Å². The van der Waals surface area contributed by atoms with Gasteiger partial charge in [0, 0.05) is 4.47 Å². The maximum atomic E-state index is 13.8. The summed E-state index contributed by atoms with van der Waals surface area (Å²) in [4.78, 5) is 12.4. The van der Waals surface area contributed by atoms with E-state index in [9.17, 15) is 17.6 Å². The summed E-state index contributed by atoms with van der Waals surface area (Å²) in [7, 11) is -3.32. The van der Waals surface area contributed by atoms with Crippen molar-refractivity contribution in [3.63, 3.8) is 0 Å². The number of anilines is 1. The second-order valence-corrected chi connectivity index (χ2v) is 8.41. The lowest BCUT2D eigenvalue weighted by molar-refractivity contribution is 0.247. The quantitative estimate of drug-likeness (QED) is 0.790. The number of amides is 2. The standard InChI is InChI=1S/C16H14BrFN2O3S/c17-10-5-6-14(12(18)9-10)20-16(21)19-13-7-8-24(22,23)15-4-2-1-3-11(13)15/h1-6,9,13H,7-8H2,(H2,19,20,21). The van der Waals surface area contributed by atoms with E-state index < -0.39 is 27.7 Å². The highest BCUT2D eigenvalue weighted by Crippen LogP contribution is 2.32. The van der Waals surface area contributed by atoms with E-state index in [1.54, 1.807) is 24.3 Å². The minimum Gasteiger partial charge on any atom is -0.331 e. The topological polar surface area (TPSA) is 75.3 Å². The highest BCUT2D eigenvalue weighted by molar-refractivity contribution is 9.10. The Kier molecular flexibility index (Phi) is 4.60. The molecule has 126 valence electrons. The van der Waals surface area contributed by atoms with Crippen LogP contribution in [0.2, 0.25) is 0 Å². The lowest BCUT2D eigenvalue weighted by Gasteiger charge is -2.26. The van der Waals surface area contributed by atoms with Crippen LogP contribution in [0.4, 0.5) is 14.9 Å². The molecular weight excluding hydrogens is 399 g/mol. The van der Waals surface area contributed by atoms with Gasteiger partial charge >= 0.3 is 6.03 Å². The molecule has 2 aromatic carbocycles. The Morgan fingerprint density at radius 2 is 1.96 bits per heavy atom. The number of carbonyl (C=O) groups excluding carboxylic acids is 1. The van der Waals surface area contributed by atoms with Gasteiger partial charge < -0.3 is 10.6 Å². The zero-order chi connectivity index (χ0) is 17.3. The summed E-state index contributed by atoms with van der Waals surface area (Å²) in [6, 6.07) is 9.86. The molecule has 0 radical (unpaired) electrons. The van der Waals surface area contributed by atoms with Crippen LogP contribution in [-0.4, -0.2) is 20.2 Å². The third-order valence-corrected chi connectivity index (χ3v) is 6.10. The number of fused-ring (bicyclic) bond motifs is 1. The fourth-order valence-electron chi connectivity index (χ4n) is 2.65. The fraction of sp³-hybridized carbons (Fsp3) is 0.188. The molecule has 0 bridgehead atoms. The molecule has 1 atom stereocenters. The normalized spacial score (nSPS) is 18.5. The second-order valence-electron chi connectivity index (χ2n) is 5.42. The van der Waals surface area contributed by atoms with Crippen LogP contribution in [0.5, 0.6) is 0 Å². The van der Waals surface area contributed by atoms with Crippen molar-refractivity contribution in [3.05, 3.63) is 58.3 Å². The highest BCUT2D eigenvalue weighted by Gasteiger charge is 2.30. The van der Waals surface area contributed by atoms with Gasteiger partial charge in [-0.15, -0.1) is 0 Å². The summed E-state index contributed by atoms with van der Waals surface area (Å²) >= 11 is 3.15. The summed E-state index contributed by atoms with van der Waals surface area (Å²) in [6.07, 6.45) is 0.273. The van der Waals surface area contributed by atoms with Crippen LogP contribution < -0.4 is 10.6 Å². The number of halogens is 2. The zero-order valence-electron chi connectivity index (χ0n) is 12.4. The van der Waals surface area contributed by atoms with Gasteiger partial charge in [0.05, 0.1) is 22.4 Å². The van der Waals surface area contributed by atoms with E-state index in [2.05, 4.69) is 26.6 Å². The Morgan fingerprint density at radius 3 is 2.71 bits per heavy atom. The predicted octanol–water partition coefficient (Wildman–Crippen LogP) is 3.63. The molecule has 1 aliphatic rings. The third kappa shape index (κ3) is 3.44. The number of sulfone groups is 1. The number of benzene rings is 2. The van der Waals surface area contributed by atoms with Gasteiger partial charge in [-0.05, 0) is 36.2 Å². The van der Waals surface area contributed by atoms with Gasteiger partial charge in [0.2, 0.25) is 0 Å². The minimum atomic E-state index is -3.32. The number of nitrogens with one attached hydrogen (secondary N) is 2. The maximum absolute atomic E-state index is 13.8. The van der Waals surface area contributed by atoms with E-state index in [1.165, 1.54) is 18.2 Å². The van der Waals surface area contributed by atoms with Gasteiger partial charge in [0.15, 0.2) is 9.84 Å². The van der Waals surface area contributed by atoms with Crippen LogP contribution in [0.25, 0.3) is 0 Å². The molecule has 1 heterocycles. The van der Waals surface area contributed by atoms with Gasteiger partial charge in [0.25, 0.3) is 0 Å². The monoisotopic (exact) mass is 412 g/mol. The number of hydrogen-bond acceptors (Lipinski definition) is 3. The number of hydrogen-bond donors (Lipinski definition) is 2. The molecule has 0 aliphatic carbocycles. The molecule has 1 aliphatic heterocycles. The largest absolute Gasteiger partial charge is 0.331 e. The maximum Gasteiger partial charge on any atom is 0.319 e. The second kappa shape index (κ2) is 6.52. The summed E-state index contributed by atoms with van der Waals surface area (Å²) in [6.45, 7) is 0. The minimum absolute atomic E-state index is 0.0401. The van der Waals surface area contributed by atoms with Crippen molar-refractivity contribution in [3.8, 4) is 0 Å². The van der Waals surface area contributed by atoms with Crippen molar-refractivity contribution >= 4 is 37.5 Å². The summed E-state index contributed by atoms with van der Waals surface area (Å²) in [5, 5.41) is 5.15. The molecule has 2 amide bonds. The molecule has 2 N–H and O–H groups in total. The lowest BCUT2D eigenvalue weighted by Crippen LogP contribution is -2.36. The Hall–Kier alpha value is -1.93. The highest BCUT2D eigenvalue weighted by atomic mass is 79.9. The van der Waals surface area contributed by atoms with Gasteiger partial charge in [-0.2, -0.15) is 0 Å². The van der Waals surface area contributed by atoms with Crippen LogP contribution in [0.3, 0.4) is 0 Å². The summed E-state index contributed by atoms with van der Waals surface area (Å²) in [5.74, 6) is -0.604. The van der Waals surface area contributed by atoms with Gasteiger partial charge in [-0.3, -0.25) is 0 Å². The molecule has 0 saturated heterocycles. The molecule has 8 heteroatoms. The van der Waals surface area contributed by atoms with Crippen molar-refractivity contribution in [1.82, 2.24) is 5.32 Å². The summed E-state index contributed by atoms with van der Waals surface area (Å²) in [5.41, 5.74) is 0.600. The van der Waals surface area contributed by atoms with Crippen LogP contribution in [0.1, 0.15) is 18.0 Å². The van der Waals surface area contributed by atoms with Gasteiger partial charge in [0.1, 0.15) is 5.82 Å². The molecule has 1 unspecified atom stereocenters. The van der Waals surface area contributed by atoms with Crippen LogP contribution >= 0.6 is 15.9 Å². The van der Waals surface area contributed by atoms with Gasteiger partial charge in [-0.25, -0.2) is 17.6 Å². The van der Waals surface area contributed by atoms with E-state index in [1.807, 2.05) is 0 Å². The van der Waals surface area contributed by atoms with Crippen LogP contribution in [-0.2, 0) is 9.84 Å². The third-order valence-electron chi connectivity index (χ3n) is 3.79. The van der Waals surface area contributed by atoms with Crippen molar-refractivity contribution in [2.24, 2.45) is 0 Å². The van der Waals surface area contributed by atoms with E-state index in [0.717, 1.165) is 0 Å². The van der Waals surface area contributed by atoms with E-state index in [4.69, 9.17) is 0 Å². The molecule has 3 rings (SSSR count). The molecule has 0 aromatic heterocycles.